The molecule has 0 aliphatic carbocycles. The quantitative estimate of drug-likeness (QED) is 0.607. The molecule has 9 heteroatoms. The fourth-order valence-corrected chi connectivity index (χ4v) is 3.79. The zero-order valence-electron chi connectivity index (χ0n) is 16.9. The maximum absolute atomic E-state index is 12.6. The van der Waals surface area contributed by atoms with Gasteiger partial charge in [0, 0.05) is 13.1 Å². The van der Waals surface area contributed by atoms with E-state index in [4.69, 9.17) is 14.2 Å². The van der Waals surface area contributed by atoms with Crippen LogP contribution in [0.1, 0.15) is 22.8 Å². The van der Waals surface area contributed by atoms with Crippen LogP contribution in [0.25, 0.3) is 0 Å². The molecule has 0 saturated heterocycles. The Balaban J connectivity index is 2.13. The predicted octanol–water partition coefficient (Wildman–Crippen LogP) is 1.98. The summed E-state index contributed by atoms with van der Waals surface area (Å²) in [6.45, 7) is 2.38. The van der Waals surface area contributed by atoms with Crippen molar-refractivity contribution < 1.29 is 27.4 Å². The van der Waals surface area contributed by atoms with Gasteiger partial charge in [-0.25, -0.2) is 13.1 Å². The molecule has 158 valence electrons. The minimum atomic E-state index is -3.80. The van der Waals surface area contributed by atoms with Crippen LogP contribution in [-0.4, -0.2) is 48.7 Å². The Morgan fingerprint density at radius 1 is 0.931 bits per heavy atom. The van der Waals surface area contributed by atoms with Crippen LogP contribution >= 0.6 is 0 Å². The second kappa shape index (κ2) is 10.1. The van der Waals surface area contributed by atoms with Crippen LogP contribution in [0.5, 0.6) is 17.2 Å². The van der Waals surface area contributed by atoms with E-state index in [1.54, 1.807) is 33.3 Å². The highest BCUT2D eigenvalue weighted by atomic mass is 32.2. The van der Waals surface area contributed by atoms with Crippen LogP contribution in [0.2, 0.25) is 0 Å². The van der Waals surface area contributed by atoms with Gasteiger partial charge in [0.2, 0.25) is 10.0 Å². The fraction of sp³-hybridized carbons (Fsp3) is 0.350. The Bertz CT molecular complexity index is 959. The van der Waals surface area contributed by atoms with Crippen molar-refractivity contribution >= 4 is 15.9 Å². The molecule has 0 unspecified atom stereocenters. The number of carbonyl (C=O) groups is 1. The average Bonchev–Trinajstić information content (AvgIpc) is 2.73. The Morgan fingerprint density at radius 2 is 1.59 bits per heavy atom. The minimum Gasteiger partial charge on any atom is -0.496 e. The monoisotopic (exact) mass is 422 g/mol. The smallest absolute Gasteiger partial charge is 0.255 e. The average molecular weight is 423 g/mol. The number of benzene rings is 2. The van der Waals surface area contributed by atoms with E-state index in [2.05, 4.69) is 10.0 Å². The number of sulfonamides is 1. The number of ether oxygens (including phenoxy) is 3. The molecule has 0 aromatic heterocycles. The van der Waals surface area contributed by atoms with Crippen LogP contribution in [-0.2, 0) is 16.4 Å². The van der Waals surface area contributed by atoms with Crippen LogP contribution in [0.3, 0.4) is 0 Å². The van der Waals surface area contributed by atoms with Crippen molar-refractivity contribution in [3.05, 3.63) is 47.5 Å². The highest BCUT2D eigenvalue weighted by Crippen LogP contribution is 2.27. The fourth-order valence-electron chi connectivity index (χ4n) is 2.74. The lowest BCUT2D eigenvalue weighted by molar-refractivity contribution is 0.0952. The van der Waals surface area contributed by atoms with E-state index in [9.17, 15) is 13.2 Å². The molecule has 0 saturated carbocycles. The lowest BCUT2D eigenvalue weighted by atomic mass is 10.1. The number of rotatable bonds is 10. The van der Waals surface area contributed by atoms with Gasteiger partial charge in [-0.2, -0.15) is 0 Å². The molecule has 0 aliphatic rings. The summed E-state index contributed by atoms with van der Waals surface area (Å²) >= 11 is 0. The Kier molecular flexibility index (Phi) is 7.86. The van der Waals surface area contributed by atoms with Crippen LogP contribution < -0.4 is 24.2 Å². The molecule has 8 nitrogen and oxygen atoms in total. The van der Waals surface area contributed by atoms with E-state index in [0.29, 0.717) is 30.2 Å². The molecule has 0 atom stereocenters. The molecule has 0 bridgehead atoms. The highest BCUT2D eigenvalue weighted by molar-refractivity contribution is 7.89. The van der Waals surface area contributed by atoms with Crippen molar-refractivity contribution in [2.75, 3.05) is 34.4 Å². The molecule has 2 N–H and O–H groups in total. The number of hydrogen-bond donors (Lipinski definition) is 2. The van der Waals surface area contributed by atoms with Crippen LogP contribution in [0.4, 0.5) is 0 Å². The molecule has 0 fully saturated rings. The standard InChI is InChI=1S/C20H26N2O6S/c1-5-21-20(23)16-13-15(7-9-17(16)26-2)29(24,25)22-11-10-14-6-8-18(27-3)19(12-14)28-4/h6-9,12-13,22H,5,10-11H2,1-4H3,(H,21,23). The van der Waals surface area contributed by atoms with Gasteiger partial charge in [0.1, 0.15) is 5.75 Å². The first-order valence-corrected chi connectivity index (χ1v) is 10.5. The molecule has 0 radical (unpaired) electrons. The summed E-state index contributed by atoms with van der Waals surface area (Å²) < 4.78 is 43.5. The van der Waals surface area contributed by atoms with Crippen molar-refractivity contribution in [2.45, 2.75) is 18.2 Å². The molecule has 29 heavy (non-hydrogen) atoms. The Labute approximate surface area is 171 Å². The number of carbonyl (C=O) groups excluding carboxylic acids is 1. The van der Waals surface area contributed by atoms with E-state index in [1.807, 2.05) is 6.07 Å². The maximum Gasteiger partial charge on any atom is 0.255 e. The van der Waals surface area contributed by atoms with E-state index < -0.39 is 15.9 Å². The van der Waals surface area contributed by atoms with Gasteiger partial charge >= 0.3 is 0 Å². The van der Waals surface area contributed by atoms with Gasteiger partial charge in [-0.3, -0.25) is 4.79 Å². The summed E-state index contributed by atoms with van der Waals surface area (Å²) in [6, 6.07) is 9.59. The van der Waals surface area contributed by atoms with Gasteiger partial charge in [-0.15, -0.1) is 0 Å². The topological polar surface area (TPSA) is 103 Å². The first-order valence-electron chi connectivity index (χ1n) is 9.03. The number of methoxy groups -OCH3 is 3. The van der Waals surface area contributed by atoms with Crippen molar-refractivity contribution in [1.82, 2.24) is 10.0 Å². The molecule has 0 aliphatic heterocycles. The zero-order chi connectivity index (χ0) is 21.4. The van der Waals surface area contributed by atoms with Crippen molar-refractivity contribution in [3.63, 3.8) is 0 Å². The molecule has 0 heterocycles. The summed E-state index contributed by atoms with van der Waals surface area (Å²) in [6.07, 6.45) is 0.457. The number of nitrogens with one attached hydrogen (secondary N) is 2. The molecule has 2 rings (SSSR count). The summed E-state index contributed by atoms with van der Waals surface area (Å²) in [5.41, 5.74) is 1.06. The third-order valence-electron chi connectivity index (χ3n) is 4.22. The predicted molar refractivity (Wildman–Crippen MR) is 109 cm³/mol. The van der Waals surface area contributed by atoms with Gasteiger partial charge in [-0.05, 0) is 49.2 Å². The first-order chi connectivity index (χ1) is 13.9. The van der Waals surface area contributed by atoms with Crippen molar-refractivity contribution in [1.29, 1.82) is 0 Å². The van der Waals surface area contributed by atoms with Crippen molar-refractivity contribution in [3.8, 4) is 17.2 Å². The number of amides is 1. The Morgan fingerprint density at radius 3 is 2.21 bits per heavy atom. The summed E-state index contributed by atoms with van der Waals surface area (Å²) in [4.78, 5) is 12.2. The highest BCUT2D eigenvalue weighted by Gasteiger charge is 2.19. The molecular formula is C20H26N2O6S. The third kappa shape index (κ3) is 5.61. The van der Waals surface area contributed by atoms with E-state index in [0.717, 1.165) is 5.56 Å². The second-order valence-corrected chi connectivity index (χ2v) is 7.83. The lowest BCUT2D eigenvalue weighted by Crippen LogP contribution is -2.27. The molecule has 2 aromatic carbocycles. The number of hydrogen-bond acceptors (Lipinski definition) is 6. The summed E-state index contributed by atoms with van der Waals surface area (Å²) in [5.74, 6) is 1.09. The van der Waals surface area contributed by atoms with E-state index in [-0.39, 0.29) is 17.0 Å². The second-order valence-electron chi connectivity index (χ2n) is 6.06. The SMILES string of the molecule is CCNC(=O)c1cc(S(=O)(=O)NCCc2ccc(OC)c(OC)c2)ccc1OC. The van der Waals surface area contributed by atoms with Gasteiger partial charge < -0.3 is 19.5 Å². The zero-order valence-corrected chi connectivity index (χ0v) is 17.8. The van der Waals surface area contributed by atoms with Crippen molar-refractivity contribution in [2.24, 2.45) is 0 Å². The van der Waals surface area contributed by atoms with Gasteiger partial charge in [-0.1, -0.05) is 6.07 Å². The Hall–Kier alpha value is -2.78. The van der Waals surface area contributed by atoms with Gasteiger partial charge in [0.25, 0.3) is 5.91 Å². The minimum absolute atomic E-state index is 0.00753. The van der Waals surface area contributed by atoms with Crippen LogP contribution in [0.15, 0.2) is 41.3 Å². The third-order valence-corrected chi connectivity index (χ3v) is 5.68. The van der Waals surface area contributed by atoms with E-state index >= 15 is 0 Å². The maximum atomic E-state index is 12.6. The molecule has 2 aromatic rings. The first kappa shape index (κ1) is 22.5. The molecule has 0 spiro atoms. The van der Waals surface area contributed by atoms with Gasteiger partial charge in [0.05, 0.1) is 31.8 Å². The lowest BCUT2D eigenvalue weighted by Gasteiger charge is -2.12. The van der Waals surface area contributed by atoms with Gasteiger partial charge in [0.15, 0.2) is 11.5 Å². The molecule has 1 amide bonds. The van der Waals surface area contributed by atoms with Crippen LogP contribution in [0, 0.1) is 0 Å². The normalized spacial score (nSPS) is 11.0. The van der Waals surface area contributed by atoms with E-state index in [1.165, 1.54) is 25.3 Å². The summed E-state index contributed by atoms with van der Waals surface area (Å²) in [5, 5.41) is 2.64. The summed E-state index contributed by atoms with van der Waals surface area (Å²) in [7, 11) is 0.721. The largest absolute Gasteiger partial charge is 0.496 e. The molecular weight excluding hydrogens is 396 g/mol.